The topological polar surface area (TPSA) is 29.3 Å². The first-order chi connectivity index (χ1) is 9.34. The number of benzene rings is 1. The highest BCUT2D eigenvalue weighted by molar-refractivity contribution is 5.29. The van der Waals surface area contributed by atoms with Gasteiger partial charge in [0.05, 0.1) is 0 Å². The third kappa shape index (κ3) is 5.64. The normalized spacial score (nSPS) is 13.8. The minimum Gasteiger partial charge on any atom is -0.323 e. The second-order valence-corrected chi connectivity index (χ2v) is 6.95. The molecule has 0 aliphatic heterocycles. The van der Waals surface area contributed by atoms with Crippen molar-refractivity contribution in [3.8, 4) is 0 Å². The summed E-state index contributed by atoms with van der Waals surface area (Å²) in [6.07, 6.45) is 3.84. The molecule has 0 bridgehead atoms. The lowest BCUT2D eigenvalue weighted by Crippen LogP contribution is -2.30. The Morgan fingerprint density at radius 1 is 1.10 bits per heavy atom. The number of hydrogen-bond acceptors (Lipinski definition) is 2. The van der Waals surface area contributed by atoms with Crippen LogP contribution in [0.1, 0.15) is 64.1 Å². The van der Waals surface area contributed by atoms with Crippen LogP contribution in [-0.4, -0.2) is 25.0 Å². The largest absolute Gasteiger partial charge is 0.323 e. The first kappa shape index (κ1) is 17.2. The molecule has 1 aromatic rings. The number of rotatable bonds is 7. The summed E-state index contributed by atoms with van der Waals surface area (Å²) in [6.45, 7) is 11.0. The summed E-state index contributed by atoms with van der Waals surface area (Å²) in [5.41, 5.74) is 9.13. The molecule has 0 radical (unpaired) electrons. The molecule has 0 saturated carbocycles. The molecule has 1 unspecified atom stereocenters. The van der Waals surface area contributed by atoms with E-state index in [0.717, 1.165) is 13.1 Å². The Balaban J connectivity index is 2.53. The van der Waals surface area contributed by atoms with Crippen LogP contribution >= 0.6 is 0 Å². The summed E-state index contributed by atoms with van der Waals surface area (Å²) in [6, 6.07) is 8.91. The van der Waals surface area contributed by atoms with Gasteiger partial charge in [-0.05, 0) is 36.6 Å². The highest BCUT2D eigenvalue weighted by atomic mass is 15.1. The lowest BCUT2D eigenvalue weighted by atomic mass is 9.86. The predicted molar refractivity (Wildman–Crippen MR) is 89.1 cm³/mol. The zero-order valence-corrected chi connectivity index (χ0v) is 13.9. The van der Waals surface area contributed by atoms with Crippen molar-refractivity contribution >= 4 is 0 Å². The van der Waals surface area contributed by atoms with Crippen LogP contribution in [0.25, 0.3) is 0 Å². The van der Waals surface area contributed by atoms with Crippen LogP contribution in [-0.2, 0) is 5.41 Å². The standard InChI is InChI=1S/C18H32N2/c1-6-7-8-13-20(5)14-17(19)15-9-11-16(12-10-15)18(2,3)4/h9-12,17H,6-8,13-14,19H2,1-5H3. The van der Waals surface area contributed by atoms with Gasteiger partial charge in [-0.2, -0.15) is 0 Å². The van der Waals surface area contributed by atoms with Crippen molar-refractivity contribution in [2.75, 3.05) is 20.1 Å². The van der Waals surface area contributed by atoms with E-state index in [-0.39, 0.29) is 11.5 Å². The molecule has 0 aromatic heterocycles. The first-order valence-corrected chi connectivity index (χ1v) is 7.89. The average molecular weight is 276 g/mol. The van der Waals surface area contributed by atoms with E-state index in [1.807, 2.05) is 0 Å². The zero-order valence-electron chi connectivity index (χ0n) is 13.9. The van der Waals surface area contributed by atoms with E-state index in [2.05, 4.69) is 63.9 Å². The second-order valence-electron chi connectivity index (χ2n) is 6.95. The quantitative estimate of drug-likeness (QED) is 0.760. The summed E-state index contributed by atoms with van der Waals surface area (Å²) in [5, 5.41) is 0. The molecule has 1 atom stereocenters. The molecule has 0 aliphatic rings. The molecule has 20 heavy (non-hydrogen) atoms. The molecule has 0 spiro atoms. The van der Waals surface area contributed by atoms with E-state index in [0.29, 0.717) is 0 Å². The fourth-order valence-corrected chi connectivity index (χ4v) is 2.39. The molecular formula is C18H32N2. The fourth-order valence-electron chi connectivity index (χ4n) is 2.39. The summed E-state index contributed by atoms with van der Waals surface area (Å²) in [7, 11) is 2.17. The molecule has 114 valence electrons. The Morgan fingerprint density at radius 3 is 2.20 bits per heavy atom. The SMILES string of the molecule is CCCCCN(C)CC(N)c1ccc(C(C)(C)C)cc1. The molecule has 2 heteroatoms. The maximum absolute atomic E-state index is 6.32. The van der Waals surface area contributed by atoms with Crippen molar-refractivity contribution in [3.05, 3.63) is 35.4 Å². The number of likely N-dealkylation sites (N-methyl/N-ethyl adjacent to an activating group) is 1. The summed E-state index contributed by atoms with van der Waals surface area (Å²) >= 11 is 0. The Hall–Kier alpha value is -0.860. The van der Waals surface area contributed by atoms with Crippen molar-refractivity contribution < 1.29 is 0 Å². The van der Waals surface area contributed by atoms with Gasteiger partial charge >= 0.3 is 0 Å². The van der Waals surface area contributed by atoms with Gasteiger partial charge < -0.3 is 10.6 Å². The summed E-state index contributed by atoms with van der Waals surface area (Å²) in [5.74, 6) is 0. The molecule has 0 heterocycles. The van der Waals surface area contributed by atoms with Gasteiger partial charge in [-0.15, -0.1) is 0 Å². The predicted octanol–water partition coefficient (Wildman–Crippen LogP) is 4.11. The van der Waals surface area contributed by atoms with Crippen LogP contribution in [0, 0.1) is 0 Å². The van der Waals surface area contributed by atoms with Gasteiger partial charge in [0.25, 0.3) is 0 Å². The third-order valence-corrected chi connectivity index (χ3v) is 3.86. The Kier molecular flexibility index (Phi) is 6.70. The maximum Gasteiger partial charge on any atom is 0.0424 e. The smallest absolute Gasteiger partial charge is 0.0424 e. The number of nitrogens with zero attached hydrogens (tertiary/aromatic N) is 1. The van der Waals surface area contributed by atoms with Crippen molar-refractivity contribution in [2.45, 2.75) is 58.4 Å². The molecule has 2 nitrogen and oxygen atoms in total. The summed E-state index contributed by atoms with van der Waals surface area (Å²) in [4.78, 5) is 2.35. The highest BCUT2D eigenvalue weighted by Gasteiger charge is 2.14. The van der Waals surface area contributed by atoms with Gasteiger partial charge in [0.15, 0.2) is 0 Å². The Morgan fingerprint density at radius 2 is 1.70 bits per heavy atom. The maximum atomic E-state index is 6.32. The lowest BCUT2D eigenvalue weighted by Gasteiger charge is -2.23. The molecule has 2 N–H and O–H groups in total. The Labute approximate surface area is 125 Å². The molecular weight excluding hydrogens is 244 g/mol. The van der Waals surface area contributed by atoms with Crippen LogP contribution in [0.3, 0.4) is 0 Å². The second kappa shape index (κ2) is 7.80. The molecule has 1 rings (SSSR count). The van der Waals surface area contributed by atoms with E-state index >= 15 is 0 Å². The number of hydrogen-bond donors (Lipinski definition) is 1. The van der Waals surface area contributed by atoms with Gasteiger partial charge in [0.2, 0.25) is 0 Å². The highest BCUT2D eigenvalue weighted by Crippen LogP contribution is 2.23. The van der Waals surface area contributed by atoms with Crippen molar-refractivity contribution in [1.82, 2.24) is 4.90 Å². The number of nitrogens with two attached hydrogens (primary N) is 1. The van der Waals surface area contributed by atoms with Gasteiger partial charge in [-0.25, -0.2) is 0 Å². The van der Waals surface area contributed by atoms with E-state index in [1.165, 1.54) is 30.4 Å². The zero-order chi connectivity index (χ0) is 15.2. The van der Waals surface area contributed by atoms with Gasteiger partial charge in [0, 0.05) is 12.6 Å². The molecule has 0 amide bonds. The van der Waals surface area contributed by atoms with E-state index in [4.69, 9.17) is 5.73 Å². The molecule has 0 saturated heterocycles. The van der Waals surface area contributed by atoms with Crippen LogP contribution < -0.4 is 5.73 Å². The van der Waals surface area contributed by atoms with E-state index in [9.17, 15) is 0 Å². The van der Waals surface area contributed by atoms with Gasteiger partial charge in [-0.3, -0.25) is 0 Å². The van der Waals surface area contributed by atoms with Crippen LogP contribution in [0.4, 0.5) is 0 Å². The molecule has 0 fully saturated rings. The molecule has 0 aliphatic carbocycles. The minimum absolute atomic E-state index is 0.107. The monoisotopic (exact) mass is 276 g/mol. The van der Waals surface area contributed by atoms with Crippen LogP contribution in [0.15, 0.2) is 24.3 Å². The Bertz CT molecular complexity index is 375. The van der Waals surface area contributed by atoms with Crippen LogP contribution in [0.5, 0.6) is 0 Å². The minimum atomic E-state index is 0.107. The first-order valence-electron chi connectivity index (χ1n) is 7.89. The van der Waals surface area contributed by atoms with Crippen molar-refractivity contribution in [3.63, 3.8) is 0 Å². The average Bonchev–Trinajstić information content (AvgIpc) is 2.38. The van der Waals surface area contributed by atoms with Crippen LogP contribution in [0.2, 0.25) is 0 Å². The van der Waals surface area contributed by atoms with Crippen molar-refractivity contribution in [2.24, 2.45) is 5.73 Å². The third-order valence-electron chi connectivity index (χ3n) is 3.86. The van der Waals surface area contributed by atoms with E-state index < -0.39 is 0 Å². The molecule has 1 aromatic carbocycles. The van der Waals surface area contributed by atoms with Crippen molar-refractivity contribution in [1.29, 1.82) is 0 Å². The van der Waals surface area contributed by atoms with Gasteiger partial charge in [-0.1, -0.05) is 64.8 Å². The van der Waals surface area contributed by atoms with E-state index in [1.54, 1.807) is 0 Å². The van der Waals surface area contributed by atoms with Gasteiger partial charge in [0.1, 0.15) is 0 Å². The fraction of sp³-hybridized carbons (Fsp3) is 0.667. The summed E-state index contributed by atoms with van der Waals surface area (Å²) < 4.78 is 0. The lowest BCUT2D eigenvalue weighted by molar-refractivity contribution is 0.305. The number of unbranched alkanes of at least 4 members (excludes halogenated alkanes) is 2.